The predicted molar refractivity (Wildman–Crippen MR) is 112 cm³/mol. The largest absolute Gasteiger partial charge is 0.497 e. The van der Waals surface area contributed by atoms with Crippen molar-refractivity contribution in [2.45, 2.75) is 39.2 Å². The molecule has 4 nitrogen and oxygen atoms in total. The molecule has 0 bridgehead atoms. The lowest BCUT2D eigenvalue weighted by molar-refractivity contribution is 0.160. The Morgan fingerprint density at radius 1 is 1.04 bits per heavy atom. The van der Waals surface area contributed by atoms with Gasteiger partial charge in [0.05, 0.1) is 13.2 Å². The van der Waals surface area contributed by atoms with E-state index in [2.05, 4.69) is 30.1 Å². The molecule has 0 aliphatic carbocycles. The maximum Gasteiger partial charge on any atom is 0.133 e. The summed E-state index contributed by atoms with van der Waals surface area (Å²) >= 11 is 0. The van der Waals surface area contributed by atoms with Crippen LogP contribution in [0.5, 0.6) is 17.2 Å². The molecule has 146 valence electrons. The Kier molecular flexibility index (Phi) is 6.66. The van der Waals surface area contributed by atoms with Gasteiger partial charge in [0, 0.05) is 18.0 Å². The van der Waals surface area contributed by atoms with Crippen molar-refractivity contribution in [2.24, 2.45) is 0 Å². The van der Waals surface area contributed by atoms with Gasteiger partial charge < -0.3 is 14.6 Å². The van der Waals surface area contributed by atoms with Gasteiger partial charge in [0.1, 0.15) is 17.2 Å². The summed E-state index contributed by atoms with van der Waals surface area (Å²) in [5.41, 5.74) is 4.46. The summed E-state index contributed by atoms with van der Waals surface area (Å²) in [4.78, 5) is 4.20. The molecule has 3 rings (SSSR count). The number of hydrogen-bond donors (Lipinski definition) is 1. The summed E-state index contributed by atoms with van der Waals surface area (Å²) < 4.78 is 11.4. The molecule has 4 heteroatoms. The fourth-order valence-corrected chi connectivity index (χ4v) is 3.10. The molecular formula is C24H27NO3. The van der Waals surface area contributed by atoms with Crippen LogP contribution in [0.25, 0.3) is 11.1 Å². The zero-order chi connectivity index (χ0) is 19.9. The van der Waals surface area contributed by atoms with Crippen LogP contribution in [0.15, 0.2) is 60.9 Å². The number of hydrogen-bond acceptors (Lipinski definition) is 4. The van der Waals surface area contributed by atoms with Crippen molar-refractivity contribution >= 4 is 0 Å². The Hall–Kier alpha value is -2.85. The number of rotatable bonds is 8. The predicted octanol–water partition coefficient (Wildman–Crippen LogP) is 5.56. The van der Waals surface area contributed by atoms with Crippen LogP contribution in [0.1, 0.15) is 30.9 Å². The average molecular weight is 377 g/mol. The van der Waals surface area contributed by atoms with Crippen LogP contribution in [-0.2, 0) is 6.42 Å². The van der Waals surface area contributed by atoms with Gasteiger partial charge in [0.25, 0.3) is 0 Å². The Labute approximate surface area is 166 Å². The molecule has 0 saturated heterocycles. The van der Waals surface area contributed by atoms with Gasteiger partial charge in [-0.1, -0.05) is 25.1 Å². The van der Waals surface area contributed by atoms with E-state index in [1.165, 1.54) is 5.56 Å². The summed E-state index contributed by atoms with van der Waals surface area (Å²) in [6, 6.07) is 16.0. The molecule has 0 aliphatic heterocycles. The van der Waals surface area contributed by atoms with Crippen LogP contribution < -0.4 is 9.47 Å². The van der Waals surface area contributed by atoms with Crippen LogP contribution in [0.3, 0.4) is 0 Å². The second kappa shape index (κ2) is 9.38. The van der Waals surface area contributed by atoms with Gasteiger partial charge >= 0.3 is 0 Å². The highest BCUT2D eigenvalue weighted by atomic mass is 16.5. The van der Waals surface area contributed by atoms with Crippen LogP contribution in [0.2, 0.25) is 0 Å². The van der Waals surface area contributed by atoms with E-state index in [-0.39, 0.29) is 6.10 Å². The van der Waals surface area contributed by atoms with Crippen molar-refractivity contribution in [3.8, 4) is 28.4 Å². The Balaban J connectivity index is 1.77. The summed E-state index contributed by atoms with van der Waals surface area (Å²) in [5.74, 6) is 2.40. The number of ether oxygens (including phenoxy) is 2. The van der Waals surface area contributed by atoms with Gasteiger partial charge in [-0.2, -0.15) is 0 Å². The maximum atomic E-state index is 9.83. The van der Waals surface area contributed by atoms with Gasteiger partial charge in [0.15, 0.2) is 0 Å². The summed E-state index contributed by atoms with van der Waals surface area (Å²) in [6.07, 6.45) is 5.43. The standard InChI is InChI=1S/C24H27NO3/c1-4-20(26)9-6-19-16-25-14-13-24(19)28-21-11-7-18(8-12-21)23-15-22(27-3)10-5-17(23)2/h5,7-8,10-16,20,26H,4,6,9H2,1-3H3. The fraction of sp³-hybridized carbons (Fsp3) is 0.292. The molecule has 2 aromatic carbocycles. The third kappa shape index (κ3) is 4.90. The molecule has 3 aromatic rings. The zero-order valence-corrected chi connectivity index (χ0v) is 16.7. The number of pyridine rings is 1. The summed E-state index contributed by atoms with van der Waals surface area (Å²) in [7, 11) is 1.68. The molecule has 1 atom stereocenters. The number of methoxy groups -OCH3 is 1. The van der Waals surface area contributed by atoms with Crippen molar-refractivity contribution in [1.82, 2.24) is 4.98 Å². The van der Waals surface area contributed by atoms with E-state index in [0.717, 1.165) is 46.8 Å². The smallest absolute Gasteiger partial charge is 0.133 e. The van der Waals surface area contributed by atoms with Crippen molar-refractivity contribution < 1.29 is 14.6 Å². The Morgan fingerprint density at radius 3 is 2.50 bits per heavy atom. The van der Waals surface area contributed by atoms with Crippen molar-refractivity contribution in [3.05, 3.63) is 72.1 Å². The molecule has 0 fully saturated rings. The third-order valence-corrected chi connectivity index (χ3v) is 4.91. The topological polar surface area (TPSA) is 51.6 Å². The minimum Gasteiger partial charge on any atom is -0.497 e. The van der Waals surface area contributed by atoms with Gasteiger partial charge in [-0.15, -0.1) is 0 Å². The highest BCUT2D eigenvalue weighted by molar-refractivity contribution is 5.69. The SMILES string of the molecule is CCC(O)CCc1cnccc1Oc1ccc(-c2cc(OC)ccc2C)cc1. The molecule has 0 amide bonds. The van der Waals surface area contributed by atoms with E-state index in [1.54, 1.807) is 13.3 Å². The first-order chi connectivity index (χ1) is 13.6. The van der Waals surface area contributed by atoms with Crippen molar-refractivity contribution in [1.29, 1.82) is 0 Å². The van der Waals surface area contributed by atoms with E-state index >= 15 is 0 Å². The van der Waals surface area contributed by atoms with Crippen LogP contribution >= 0.6 is 0 Å². The molecule has 1 aromatic heterocycles. The van der Waals surface area contributed by atoms with Gasteiger partial charge in [-0.3, -0.25) is 4.98 Å². The first kappa shape index (κ1) is 19.9. The maximum absolute atomic E-state index is 9.83. The van der Waals surface area contributed by atoms with Crippen LogP contribution in [0, 0.1) is 6.92 Å². The van der Waals surface area contributed by atoms with E-state index in [9.17, 15) is 5.11 Å². The Morgan fingerprint density at radius 2 is 1.79 bits per heavy atom. The van der Waals surface area contributed by atoms with Crippen LogP contribution in [0.4, 0.5) is 0 Å². The van der Waals surface area contributed by atoms with E-state index in [4.69, 9.17) is 9.47 Å². The monoisotopic (exact) mass is 377 g/mol. The third-order valence-electron chi connectivity index (χ3n) is 4.91. The van der Waals surface area contributed by atoms with Crippen molar-refractivity contribution in [2.75, 3.05) is 7.11 Å². The van der Waals surface area contributed by atoms with E-state index in [1.807, 2.05) is 43.5 Å². The molecule has 1 N–H and O–H groups in total. The highest BCUT2D eigenvalue weighted by Crippen LogP contribution is 2.31. The molecule has 0 aliphatic rings. The fourth-order valence-electron chi connectivity index (χ4n) is 3.10. The van der Waals surface area contributed by atoms with E-state index in [0.29, 0.717) is 6.42 Å². The second-order valence-electron chi connectivity index (χ2n) is 6.89. The minimum absolute atomic E-state index is 0.293. The van der Waals surface area contributed by atoms with E-state index < -0.39 is 0 Å². The molecule has 0 saturated carbocycles. The van der Waals surface area contributed by atoms with Gasteiger partial charge in [-0.05, 0) is 73.2 Å². The first-order valence-corrected chi connectivity index (χ1v) is 9.64. The number of benzene rings is 2. The summed E-state index contributed by atoms with van der Waals surface area (Å²) in [6.45, 7) is 4.07. The quantitative estimate of drug-likeness (QED) is 0.558. The molecule has 0 spiro atoms. The Bertz CT molecular complexity index is 906. The lowest BCUT2D eigenvalue weighted by Gasteiger charge is -2.13. The number of nitrogens with zero attached hydrogens (tertiary/aromatic N) is 1. The van der Waals surface area contributed by atoms with Gasteiger partial charge in [0.2, 0.25) is 0 Å². The molecule has 1 heterocycles. The normalized spacial score (nSPS) is 11.9. The highest BCUT2D eigenvalue weighted by Gasteiger charge is 2.09. The number of aliphatic hydroxyl groups is 1. The lowest BCUT2D eigenvalue weighted by atomic mass is 10.0. The van der Waals surface area contributed by atoms with Crippen molar-refractivity contribution in [3.63, 3.8) is 0 Å². The minimum atomic E-state index is -0.293. The number of aromatic nitrogens is 1. The lowest BCUT2D eigenvalue weighted by Crippen LogP contribution is -2.06. The number of aliphatic hydroxyl groups excluding tert-OH is 1. The molecule has 28 heavy (non-hydrogen) atoms. The number of aryl methyl sites for hydroxylation is 2. The average Bonchev–Trinajstić information content (AvgIpc) is 2.74. The zero-order valence-electron chi connectivity index (χ0n) is 16.7. The second-order valence-corrected chi connectivity index (χ2v) is 6.89. The van der Waals surface area contributed by atoms with Gasteiger partial charge in [-0.25, -0.2) is 0 Å². The first-order valence-electron chi connectivity index (χ1n) is 9.64. The summed E-state index contributed by atoms with van der Waals surface area (Å²) in [5, 5.41) is 9.83. The van der Waals surface area contributed by atoms with Crippen LogP contribution in [-0.4, -0.2) is 23.3 Å². The molecular weight excluding hydrogens is 350 g/mol. The molecule has 0 radical (unpaired) electrons. The molecule has 1 unspecified atom stereocenters.